The summed E-state index contributed by atoms with van der Waals surface area (Å²) in [4.78, 5) is 55.2. The van der Waals surface area contributed by atoms with Crippen LogP contribution in [0.25, 0.3) is 0 Å². The molecule has 2 N–H and O–H groups in total. The number of ether oxygens (including phenoxy) is 1. The molecule has 3 heterocycles. The highest BCUT2D eigenvalue weighted by atomic mass is 32.1. The zero-order valence-corrected chi connectivity index (χ0v) is 23.1. The number of carbonyl (C=O) groups is 4. The van der Waals surface area contributed by atoms with Crippen LogP contribution in [-0.2, 0) is 19.7 Å². The zero-order chi connectivity index (χ0) is 26.9. The molecule has 2 saturated heterocycles. The Labute approximate surface area is 222 Å². The van der Waals surface area contributed by atoms with Crippen LogP contribution < -0.4 is 10.2 Å². The van der Waals surface area contributed by atoms with E-state index in [0.29, 0.717) is 50.5 Å². The third-order valence-electron chi connectivity index (χ3n) is 7.84. The third kappa shape index (κ3) is 6.10. The van der Waals surface area contributed by atoms with Gasteiger partial charge in [0.2, 0.25) is 5.91 Å². The van der Waals surface area contributed by atoms with Gasteiger partial charge in [-0.05, 0) is 55.9 Å². The van der Waals surface area contributed by atoms with E-state index in [1.54, 1.807) is 9.80 Å². The molecule has 0 bridgehead atoms. The van der Waals surface area contributed by atoms with Crippen LogP contribution in [0, 0.1) is 11.8 Å². The standard InChI is InChI=1S/C27H39N3O6S/c1-16-5-7-17(8-6-16)24(32)30(19-15-21(27(2,3)4)37-22(19)25(33)34)18-10-13-29(14-11-18)26(35)36-20-9-12-28-23(20)31/h15-18,20H,5-14H2,1-4H3,(H,28,31)(H,33,34)/t16-,17-,20-/m0/s1. The molecule has 3 fully saturated rings. The number of piperidine rings is 1. The van der Waals surface area contributed by atoms with Gasteiger partial charge in [0.1, 0.15) is 4.88 Å². The second-order valence-corrected chi connectivity index (χ2v) is 12.8. The first-order chi connectivity index (χ1) is 17.5. The number of thiophene rings is 1. The molecule has 3 amide bonds. The Hall–Kier alpha value is -2.62. The SMILES string of the molecule is CC(C)(C)c1cc(N(C(=O)[C@H]2CC[C@H](C)CC2)C2CCN(C(=O)O[C@H]3CCNC3=O)CC2)c(C(=O)O)s1. The highest BCUT2D eigenvalue weighted by molar-refractivity contribution is 7.14. The Bertz CT molecular complexity index is 1030. The van der Waals surface area contributed by atoms with E-state index in [1.807, 2.05) is 26.8 Å². The van der Waals surface area contributed by atoms with Gasteiger partial charge in [-0.15, -0.1) is 11.3 Å². The molecule has 204 valence electrons. The Morgan fingerprint density at radius 3 is 2.27 bits per heavy atom. The lowest BCUT2D eigenvalue weighted by Gasteiger charge is -2.40. The number of hydrogen-bond donors (Lipinski definition) is 2. The minimum absolute atomic E-state index is 0.00341. The van der Waals surface area contributed by atoms with E-state index in [0.717, 1.165) is 30.6 Å². The molecule has 1 aromatic heterocycles. The van der Waals surface area contributed by atoms with Crippen molar-refractivity contribution < 1.29 is 29.0 Å². The number of rotatable bonds is 5. The van der Waals surface area contributed by atoms with Gasteiger partial charge in [-0.3, -0.25) is 9.59 Å². The predicted molar refractivity (Wildman–Crippen MR) is 141 cm³/mol. The van der Waals surface area contributed by atoms with Crippen molar-refractivity contribution in [3.63, 3.8) is 0 Å². The van der Waals surface area contributed by atoms with E-state index < -0.39 is 18.2 Å². The molecule has 1 saturated carbocycles. The first kappa shape index (κ1) is 27.4. The van der Waals surface area contributed by atoms with Crippen molar-refractivity contribution in [2.24, 2.45) is 11.8 Å². The van der Waals surface area contributed by atoms with Crippen molar-refractivity contribution in [1.82, 2.24) is 10.2 Å². The molecule has 3 aliphatic rings. The number of carbonyl (C=O) groups excluding carboxylic acids is 3. The number of hydrogen-bond acceptors (Lipinski definition) is 6. The molecule has 10 heteroatoms. The molecule has 0 unspecified atom stereocenters. The second-order valence-electron chi connectivity index (χ2n) is 11.7. The van der Waals surface area contributed by atoms with E-state index >= 15 is 0 Å². The van der Waals surface area contributed by atoms with Crippen LogP contribution in [0.5, 0.6) is 0 Å². The Morgan fingerprint density at radius 1 is 1.08 bits per heavy atom. The average molecular weight is 534 g/mol. The maximum absolute atomic E-state index is 14.0. The molecular formula is C27H39N3O6S. The number of anilines is 1. The maximum atomic E-state index is 14.0. The molecule has 0 spiro atoms. The molecular weight excluding hydrogens is 494 g/mol. The Balaban J connectivity index is 1.56. The van der Waals surface area contributed by atoms with E-state index in [4.69, 9.17) is 4.74 Å². The molecule has 2 aliphatic heterocycles. The number of nitrogens with zero attached hydrogens (tertiary/aromatic N) is 2. The molecule has 0 radical (unpaired) electrons. The van der Waals surface area contributed by atoms with Crippen LogP contribution in [0.15, 0.2) is 6.07 Å². The van der Waals surface area contributed by atoms with Crippen LogP contribution in [0.4, 0.5) is 10.5 Å². The summed E-state index contributed by atoms with van der Waals surface area (Å²) in [6.07, 6.45) is 3.83. The van der Waals surface area contributed by atoms with Gasteiger partial charge in [-0.25, -0.2) is 9.59 Å². The van der Waals surface area contributed by atoms with Gasteiger partial charge in [0.25, 0.3) is 5.91 Å². The van der Waals surface area contributed by atoms with Gasteiger partial charge in [-0.2, -0.15) is 0 Å². The first-order valence-corrected chi connectivity index (χ1v) is 14.2. The summed E-state index contributed by atoms with van der Waals surface area (Å²) in [5, 5.41) is 12.7. The predicted octanol–water partition coefficient (Wildman–Crippen LogP) is 4.39. The van der Waals surface area contributed by atoms with Crippen molar-refractivity contribution in [3.8, 4) is 0 Å². The van der Waals surface area contributed by atoms with Crippen molar-refractivity contribution in [1.29, 1.82) is 0 Å². The molecule has 0 aromatic carbocycles. The van der Waals surface area contributed by atoms with Crippen LogP contribution in [-0.4, -0.2) is 65.7 Å². The number of amides is 3. The summed E-state index contributed by atoms with van der Waals surface area (Å²) in [5.74, 6) is -0.829. The lowest BCUT2D eigenvalue weighted by atomic mass is 9.82. The third-order valence-corrected chi connectivity index (χ3v) is 9.38. The summed E-state index contributed by atoms with van der Waals surface area (Å²) in [6, 6.07) is 1.67. The lowest BCUT2D eigenvalue weighted by molar-refractivity contribution is -0.127. The van der Waals surface area contributed by atoms with Crippen LogP contribution in [0.2, 0.25) is 0 Å². The van der Waals surface area contributed by atoms with E-state index in [2.05, 4.69) is 12.2 Å². The number of carboxylic acid groups (broad SMARTS) is 1. The Kier molecular flexibility index (Phi) is 8.16. The zero-order valence-electron chi connectivity index (χ0n) is 22.2. The highest BCUT2D eigenvalue weighted by Gasteiger charge is 2.39. The number of carboxylic acids is 1. The van der Waals surface area contributed by atoms with Crippen molar-refractivity contribution in [2.75, 3.05) is 24.5 Å². The van der Waals surface area contributed by atoms with Crippen molar-refractivity contribution in [3.05, 3.63) is 15.8 Å². The highest BCUT2D eigenvalue weighted by Crippen LogP contribution is 2.41. The fourth-order valence-corrected chi connectivity index (χ4v) is 6.51. The summed E-state index contributed by atoms with van der Waals surface area (Å²) in [6.45, 7) is 9.58. The molecule has 37 heavy (non-hydrogen) atoms. The van der Waals surface area contributed by atoms with Gasteiger partial charge < -0.3 is 25.0 Å². The largest absolute Gasteiger partial charge is 0.477 e. The summed E-state index contributed by atoms with van der Waals surface area (Å²) >= 11 is 1.24. The monoisotopic (exact) mass is 533 g/mol. The summed E-state index contributed by atoms with van der Waals surface area (Å²) in [7, 11) is 0. The van der Waals surface area contributed by atoms with Crippen LogP contribution in [0.3, 0.4) is 0 Å². The van der Waals surface area contributed by atoms with Gasteiger partial charge in [0.15, 0.2) is 6.10 Å². The lowest BCUT2D eigenvalue weighted by Crippen LogP contribution is -2.51. The second kappa shape index (κ2) is 11.0. The molecule has 9 nitrogen and oxygen atoms in total. The molecule has 1 aliphatic carbocycles. The first-order valence-electron chi connectivity index (χ1n) is 13.4. The number of nitrogens with one attached hydrogen (secondary N) is 1. The fraction of sp³-hybridized carbons (Fsp3) is 0.704. The van der Waals surface area contributed by atoms with Gasteiger partial charge in [0, 0.05) is 42.9 Å². The summed E-state index contributed by atoms with van der Waals surface area (Å²) in [5.41, 5.74) is 0.233. The quantitative estimate of drug-likeness (QED) is 0.580. The van der Waals surface area contributed by atoms with Gasteiger partial charge >= 0.3 is 12.1 Å². The normalized spacial score (nSPS) is 25.0. The number of likely N-dealkylation sites (tertiary alicyclic amines) is 1. The summed E-state index contributed by atoms with van der Waals surface area (Å²) < 4.78 is 5.41. The Morgan fingerprint density at radius 2 is 1.73 bits per heavy atom. The topological polar surface area (TPSA) is 116 Å². The average Bonchev–Trinajstić information content (AvgIpc) is 3.47. The van der Waals surface area contributed by atoms with Crippen LogP contribution >= 0.6 is 11.3 Å². The fourth-order valence-electron chi connectivity index (χ4n) is 5.47. The molecule has 1 aromatic rings. The van der Waals surface area contributed by atoms with Crippen molar-refractivity contribution in [2.45, 2.75) is 90.2 Å². The van der Waals surface area contributed by atoms with E-state index in [-0.39, 0.29) is 34.1 Å². The minimum atomic E-state index is -1.03. The smallest absolute Gasteiger partial charge is 0.410 e. The van der Waals surface area contributed by atoms with E-state index in [9.17, 15) is 24.3 Å². The maximum Gasteiger partial charge on any atom is 0.410 e. The van der Waals surface area contributed by atoms with Gasteiger partial charge in [0.05, 0.1) is 5.69 Å². The van der Waals surface area contributed by atoms with Gasteiger partial charge in [-0.1, -0.05) is 27.7 Å². The van der Waals surface area contributed by atoms with Crippen molar-refractivity contribution >= 4 is 40.9 Å². The van der Waals surface area contributed by atoms with Crippen LogP contribution in [0.1, 0.15) is 87.2 Å². The minimum Gasteiger partial charge on any atom is -0.477 e. The van der Waals surface area contributed by atoms with E-state index in [1.165, 1.54) is 11.3 Å². The molecule has 1 atom stereocenters. The molecule has 4 rings (SSSR count). The number of aromatic carboxylic acids is 1.